The van der Waals surface area contributed by atoms with Gasteiger partial charge >= 0.3 is 0 Å². The van der Waals surface area contributed by atoms with Crippen LogP contribution in [0.25, 0.3) is 0 Å². The van der Waals surface area contributed by atoms with Gasteiger partial charge in [-0.2, -0.15) is 0 Å². The van der Waals surface area contributed by atoms with Crippen molar-refractivity contribution in [3.8, 4) is 0 Å². The van der Waals surface area contributed by atoms with Gasteiger partial charge in [-0.25, -0.2) is 0 Å². The smallest absolute Gasteiger partial charge is 0.0974 e. The zero-order valence-electron chi connectivity index (χ0n) is 5.44. The van der Waals surface area contributed by atoms with Crippen LogP contribution in [0.5, 0.6) is 0 Å². The summed E-state index contributed by atoms with van der Waals surface area (Å²) < 4.78 is 5.53. The van der Waals surface area contributed by atoms with Gasteiger partial charge in [0.15, 0.2) is 0 Å². The Morgan fingerprint density at radius 2 is 2.11 bits per heavy atom. The molecular formula is C6H12N2O. The van der Waals surface area contributed by atoms with Crippen LogP contribution in [-0.4, -0.2) is 32.0 Å². The van der Waals surface area contributed by atoms with Gasteiger partial charge in [-0.1, -0.05) is 0 Å². The maximum Gasteiger partial charge on any atom is 0.0974 e. The summed E-state index contributed by atoms with van der Waals surface area (Å²) in [7, 11) is 0. The minimum absolute atomic E-state index is 0.227. The molecule has 2 heterocycles. The Morgan fingerprint density at radius 3 is 2.44 bits per heavy atom. The van der Waals surface area contributed by atoms with Crippen LogP contribution in [0.15, 0.2) is 0 Å². The molecule has 3 heteroatoms. The lowest BCUT2D eigenvalue weighted by Crippen LogP contribution is -2.64. The second-order valence-electron chi connectivity index (χ2n) is 2.83. The van der Waals surface area contributed by atoms with E-state index in [0.717, 1.165) is 26.4 Å². The highest BCUT2D eigenvalue weighted by Crippen LogP contribution is 2.22. The second kappa shape index (κ2) is 1.94. The van der Waals surface area contributed by atoms with Gasteiger partial charge in [0.25, 0.3) is 0 Å². The summed E-state index contributed by atoms with van der Waals surface area (Å²) in [5.41, 5.74) is 0.227. The van der Waals surface area contributed by atoms with Crippen molar-refractivity contribution in [3.05, 3.63) is 0 Å². The minimum Gasteiger partial charge on any atom is -0.357 e. The van der Waals surface area contributed by atoms with Crippen molar-refractivity contribution >= 4 is 0 Å². The predicted molar refractivity (Wildman–Crippen MR) is 34.2 cm³/mol. The fourth-order valence-electron chi connectivity index (χ4n) is 1.35. The maximum absolute atomic E-state index is 5.53. The van der Waals surface area contributed by atoms with Crippen molar-refractivity contribution in [2.75, 3.05) is 26.4 Å². The number of hydrogen-bond donors (Lipinski definition) is 2. The van der Waals surface area contributed by atoms with Gasteiger partial charge in [-0.15, -0.1) is 0 Å². The van der Waals surface area contributed by atoms with Gasteiger partial charge in [-0.3, -0.25) is 5.32 Å². The quantitative estimate of drug-likeness (QED) is 0.452. The Hall–Kier alpha value is -0.120. The zero-order chi connectivity index (χ0) is 6.16. The molecule has 0 aliphatic carbocycles. The van der Waals surface area contributed by atoms with Gasteiger partial charge in [-0.05, 0) is 6.42 Å². The molecule has 9 heavy (non-hydrogen) atoms. The largest absolute Gasteiger partial charge is 0.357 e. The lowest BCUT2D eigenvalue weighted by atomic mass is 9.92. The molecule has 2 aliphatic heterocycles. The molecule has 2 N–H and O–H groups in total. The molecule has 2 saturated heterocycles. The molecule has 2 rings (SSSR count). The molecule has 3 nitrogen and oxygen atoms in total. The van der Waals surface area contributed by atoms with E-state index in [4.69, 9.17) is 4.74 Å². The first-order valence-electron chi connectivity index (χ1n) is 3.47. The van der Waals surface area contributed by atoms with E-state index < -0.39 is 0 Å². The first kappa shape index (κ1) is 5.65. The summed E-state index contributed by atoms with van der Waals surface area (Å²) in [5.74, 6) is 0. The monoisotopic (exact) mass is 128 g/mol. The van der Waals surface area contributed by atoms with Gasteiger partial charge in [0.2, 0.25) is 0 Å². The molecule has 0 bridgehead atoms. The van der Waals surface area contributed by atoms with E-state index in [0.29, 0.717) is 0 Å². The van der Waals surface area contributed by atoms with Crippen molar-refractivity contribution in [1.82, 2.24) is 10.6 Å². The van der Waals surface area contributed by atoms with E-state index in [1.54, 1.807) is 0 Å². The van der Waals surface area contributed by atoms with E-state index in [9.17, 15) is 0 Å². The Labute approximate surface area is 54.8 Å². The third-order valence-corrected chi connectivity index (χ3v) is 2.13. The van der Waals surface area contributed by atoms with Crippen LogP contribution in [0.1, 0.15) is 6.42 Å². The van der Waals surface area contributed by atoms with Crippen LogP contribution in [0.2, 0.25) is 0 Å². The number of ether oxygens (including phenoxy) is 1. The lowest BCUT2D eigenvalue weighted by Gasteiger charge is -2.45. The Balaban J connectivity index is 1.93. The number of nitrogens with one attached hydrogen (secondary N) is 2. The molecule has 52 valence electrons. The molecule has 0 saturated carbocycles. The highest BCUT2D eigenvalue weighted by atomic mass is 16.5. The van der Waals surface area contributed by atoms with Gasteiger partial charge in [0.05, 0.1) is 12.3 Å². The number of hydrogen-bond acceptors (Lipinski definition) is 3. The van der Waals surface area contributed by atoms with Gasteiger partial charge in [0, 0.05) is 19.6 Å². The third-order valence-electron chi connectivity index (χ3n) is 2.13. The molecule has 0 atom stereocenters. The second-order valence-corrected chi connectivity index (χ2v) is 2.83. The van der Waals surface area contributed by atoms with Gasteiger partial charge in [0.1, 0.15) is 0 Å². The topological polar surface area (TPSA) is 33.3 Å². The van der Waals surface area contributed by atoms with Crippen molar-refractivity contribution in [2.24, 2.45) is 0 Å². The molecule has 0 amide bonds. The third kappa shape index (κ3) is 0.852. The fourth-order valence-corrected chi connectivity index (χ4v) is 1.35. The van der Waals surface area contributed by atoms with Gasteiger partial charge < -0.3 is 10.1 Å². The highest BCUT2D eigenvalue weighted by Gasteiger charge is 2.38. The maximum atomic E-state index is 5.53. The molecule has 0 aromatic heterocycles. The van der Waals surface area contributed by atoms with Crippen LogP contribution in [0, 0.1) is 0 Å². The average molecular weight is 128 g/mol. The zero-order valence-corrected chi connectivity index (χ0v) is 5.44. The van der Waals surface area contributed by atoms with Crippen molar-refractivity contribution in [3.63, 3.8) is 0 Å². The first-order chi connectivity index (χ1) is 4.41. The predicted octanol–water partition coefficient (Wildman–Crippen LogP) is -0.704. The standard InChI is InChI=1S/C6H12N2O/c1-2-7-5-9-6(1)3-8-4-6/h7-8H,1-5H2. The summed E-state index contributed by atoms with van der Waals surface area (Å²) in [4.78, 5) is 0. The van der Waals surface area contributed by atoms with Crippen molar-refractivity contribution in [1.29, 1.82) is 0 Å². The molecule has 0 unspecified atom stereocenters. The van der Waals surface area contributed by atoms with E-state index in [-0.39, 0.29) is 5.60 Å². The summed E-state index contributed by atoms with van der Waals surface area (Å²) in [6.45, 7) is 3.95. The van der Waals surface area contributed by atoms with Crippen molar-refractivity contribution < 1.29 is 4.74 Å². The minimum atomic E-state index is 0.227. The molecular weight excluding hydrogens is 116 g/mol. The normalized spacial score (nSPS) is 32.0. The molecule has 2 fully saturated rings. The highest BCUT2D eigenvalue weighted by molar-refractivity contribution is 4.96. The van der Waals surface area contributed by atoms with E-state index in [1.807, 2.05) is 0 Å². The average Bonchev–Trinajstić information content (AvgIpc) is 1.87. The van der Waals surface area contributed by atoms with E-state index in [1.165, 1.54) is 6.42 Å². The Bertz CT molecular complexity index is 104. The first-order valence-corrected chi connectivity index (χ1v) is 3.47. The van der Waals surface area contributed by atoms with Crippen LogP contribution >= 0.6 is 0 Å². The molecule has 2 aliphatic rings. The van der Waals surface area contributed by atoms with E-state index in [2.05, 4.69) is 10.6 Å². The molecule has 0 aromatic rings. The van der Waals surface area contributed by atoms with Crippen LogP contribution in [0.3, 0.4) is 0 Å². The fraction of sp³-hybridized carbons (Fsp3) is 1.00. The Morgan fingerprint density at radius 1 is 1.22 bits per heavy atom. The Kier molecular flexibility index (Phi) is 1.22. The van der Waals surface area contributed by atoms with Crippen LogP contribution in [0.4, 0.5) is 0 Å². The van der Waals surface area contributed by atoms with Crippen LogP contribution in [-0.2, 0) is 4.74 Å². The summed E-state index contributed by atoms with van der Waals surface area (Å²) >= 11 is 0. The molecule has 0 aromatic carbocycles. The lowest BCUT2D eigenvalue weighted by molar-refractivity contribution is -0.114. The van der Waals surface area contributed by atoms with Crippen LogP contribution < -0.4 is 10.6 Å². The number of rotatable bonds is 0. The molecule has 0 radical (unpaired) electrons. The summed E-state index contributed by atoms with van der Waals surface area (Å²) in [6, 6.07) is 0. The van der Waals surface area contributed by atoms with E-state index >= 15 is 0 Å². The van der Waals surface area contributed by atoms with Crippen molar-refractivity contribution in [2.45, 2.75) is 12.0 Å². The SMILES string of the molecule is C1CC2(CNC2)OCN1. The summed E-state index contributed by atoms with van der Waals surface area (Å²) in [5, 5.41) is 6.38. The molecule has 1 spiro atoms. The summed E-state index contributed by atoms with van der Waals surface area (Å²) in [6.07, 6.45) is 1.17.